The first-order valence-electron chi connectivity index (χ1n) is 5.08. The van der Waals surface area contributed by atoms with Crippen LogP contribution in [0.25, 0.3) is 0 Å². The van der Waals surface area contributed by atoms with Crippen LogP contribution in [0.3, 0.4) is 0 Å². The van der Waals surface area contributed by atoms with Gasteiger partial charge in [0.25, 0.3) is 0 Å². The number of rotatable bonds is 1. The molecule has 0 aromatic heterocycles. The quantitative estimate of drug-likeness (QED) is 0.602. The van der Waals surface area contributed by atoms with Crippen molar-refractivity contribution >= 4 is 6.03 Å². The lowest BCUT2D eigenvalue weighted by atomic mass is 10.2. The molecule has 14 heavy (non-hydrogen) atoms. The zero-order chi connectivity index (χ0) is 9.97. The maximum atomic E-state index is 11.6. The summed E-state index contributed by atoms with van der Waals surface area (Å²) < 4.78 is 5.05. The standard InChI is InChI=1S/C9H16N2O3/c12-8-6-14-5-7(8)10-9(13)11-3-1-2-4-11/h7-8,12H,1-6H2,(H,10,13)/t7-,8-/m1/s1. The average Bonchev–Trinajstić information content (AvgIpc) is 2.77. The van der Waals surface area contributed by atoms with Gasteiger partial charge in [-0.3, -0.25) is 0 Å². The molecule has 5 heteroatoms. The van der Waals surface area contributed by atoms with Gasteiger partial charge < -0.3 is 20.1 Å². The molecule has 2 amide bonds. The summed E-state index contributed by atoms with van der Waals surface area (Å²) in [6.07, 6.45) is 1.61. The second-order valence-electron chi connectivity index (χ2n) is 3.85. The van der Waals surface area contributed by atoms with E-state index in [-0.39, 0.29) is 12.1 Å². The van der Waals surface area contributed by atoms with Crippen LogP contribution in [0.4, 0.5) is 4.79 Å². The summed E-state index contributed by atoms with van der Waals surface area (Å²) in [5.41, 5.74) is 0. The summed E-state index contributed by atoms with van der Waals surface area (Å²) in [6.45, 7) is 2.40. The first-order valence-corrected chi connectivity index (χ1v) is 5.08. The van der Waals surface area contributed by atoms with Crippen molar-refractivity contribution in [2.45, 2.75) is 25.0 Å². The molecule has 2 aliphatic heterocycles. The van der Waals surface area contributed by atoms with Gasteiger partial charge in [-0.1, -0.05) is 0 Å². The first kappa shape index (κ1) is 9.73. The van der Waals surface area contributed by atoms with Gasteiger partial charge in [-0.15, -0.1) is 0 Å². The van der Waals surface area contributed by atoms with E-state index in [0.29, 0.717) is 13.2 Å². The van der Waals surface area contributed by atoms with E-state index in [1.165, 1.54) is 0 Å². The van der Waals surface area contributed by atoms with Crippen LogP contribution in [0.2, 0.25) is 0 Å². The Morgan fingerprint density at radius 3 is 2.64 bits per heavy atom. The first-order chi connectivity index (χ1) is 6.77. The highest BCUT2D eigenvalue weighted by Gasteiger charge is 2.29. The molecule has 2 rings (SSSR count). The van der Waals surface area contributed by atoms with E-state index in [1.54, 1.807) is 4.90 Å². The molecule has 5 nitrogen and oxygen atoms in total. The van der Waals surface area contributed by atoms with Gasteiger partial charge in [0.2, 0.25) is 0 Å². The number of hydrogen-bond acceptors (Lipinski definition) is 3. The second kappa shape index (κ2) is 4.14. The molecule has 2 saturated heterocycles. The van der Waals surface area contributed by atoms with Crippen LogP contribution >= 0.6 is 0 Å². The van der Waals surface area contributed by atoms with E-state index in [4.69, 9.17) is 4.74 Å². The Morgan fingerprint density at radius 1 is 1.36 bits per heavy atom. The molecule has 0 unspecified atom stereocenters. The lowest BCUT2D eigenvalue weighted by Crippen LogP contribution is -2.48. The Bertz CT molecular complexity index is 216. The van der Waals surface area contributed by atoms with Gasteiger partial charge in [-0.2, -0.15) is 0 Å². The molecule has 0 aliphatic carbocycles. The zero-order valence-corrected chi connectivity index (χ0v) is 8.11. The van der Waals surface area contributed by atoms with Crippen LogP contribution in [0.1, 0.15) is 12.8 Å². The number of aliphatic hydroxyl groups excluding tert-OH is 1. The van der Waals surface area contributed by atoms with Crippen LogP contribution in [0.15, 0.2) is 0 Å². The van der Waals surface area contributed by atoms with Crippen molar-refractivity contribution < 1.29 is 14.6 Å². The summed E-state index contributed by atoms with van der Waals surface area (Å²) in [5, 5.41) is 12.2. The number of nitrogens with one attached hydrogen (secondary N) is 1. The zero-order valence-electron chi connectivity index (χ0n) is 8.11. The van der Waals surface area contributed by atoms with Gasteiger partial charge >= 0.3 is 6.03 Å². The average molecular weight is 200 g/mol. The fourth-order valence-electron chi connectivity index (χ4n) is 1.85. The van der Waals surface area contributed by atoms with Crippen LogP contribution in [0.5, 0.6) is 0 Å². The predicted molar refractivity (Wildman–Crippen MR) is 50.0 cm³/mol. The Hall–Kier alpha value is -0.810. The number of carbonyl (C=O) groups is 1. The Morgan fingerprint density at radius 2 is 2.07 bits per heavy atom. The minimum absolute atomic E-state index is 0.0722. The van der Waals surface area contributed by atoms with Gasteiger partial charge in [0.15, 0.2) is 0 Å². The highest BCUT2D eigenvalue weighted by atomic mass is 16.5. The van der Waals surface area contributed by atoms with Crippen LogP contribution < -0.4 is 5.32 Å². The third-order valence-corrected chi connectivity index (χ3v) is 2.75. The van der Waals surface area contributed by atoms with Crippen molar-refractivity contribution in [3.8, 4) is 0 Å². The van der Waals surface area contributed by atoms with Crippen molar-refractivity contribution in [3.63, 3.8) is 0 Å². The Kier molecular flexibility index (Phi) is 2.88. The Balaban J connectivity index is 1.81. The minimum Gasteiger partial charge on any atom is -0.388 e. The van der Waals surface area contributed by atoms with Gasteiger partial charge in [0.05, 0.1) is 25.4 Å². The molecule has 2 N–H and O–H groups in total. The van der Waals surface area contributed by atoms with E-state index in [9.17, 15) is 9.90 Å². The van der Waals surface area contributed by atoms with Crippen molar-refractivity contribution in [2.75, 3.05) is 26.3 Å². The number of aliphatic hydroxyl groups is 1. The van der Waals surface area contributed by atoms with Crippen molar-refractivity contribution in [2.24, 2.45) is 0 Å². The summed E-state index contributed by atoms with van der Waals surface area (Å²) in [6, 6.07) is -0.305. The van der Waals surface area contributed by atoms with Gasteiger partial charge in [0.1, 0.15) is 0 Å². The predicted octanol–water partition coefficient (Wildman–Crippen LogP) is -0.449. The molecular weight excluding hydrogens is 184 g/mol. The summed E-state index contributed by atoms with van der Waals surface area (Å²) in [4.78, 5) is 13.4. The van der Waals surface area contributed by atoms with Gasteiger partial charge in [-0.25, -0.2) is 4.79 Å². The monoisotopic (exact) mass is 200 g/mol. The molecule has 2 atom stereocenters. The summed E-state index contributed by atoms with van der Waals surface area (Å²) >= 11 is 0. The maximum absolute atomic E-state index is 11.6. The van der Waals surface area contributed by atoms with Crippen LogP contribution in [-0.4, -0.2) is 54.5 Å². The number of amides is 2. The highest BCUT2D eigenvalue weighted by Crippen LogP contribution is 2.10. The van der Waals surface area contributed by atoms with Crippen LogP contribution in [0, 0.1) is 0 Å². The fraction of sp³-hybridized carbons (Fsp3) is 0.889. The maximum Gasteiger partial charge on any atom is 0.317 e. The number of hydrogen-bond donors (Lipinski definition) is 2. The van der Waals surface area contributed by atoms with Crippen molar-refractivity contribution in [1.29, 1.82) is 0 Å². The smallest absolute Gasteiger partial charge is 0.317 e. The number of nitrogens with zero attached hydrogens (tertiary/aromatic N) is 1. The van der Waals surface area contributed by atoms with E-state index in [0.717, 1.165) is 25.9 Å². The third-order valence-electron chi connectivity index (χ3n) is 2.75. The number of likely N-dealkylation sites (tertiary alicyclic amines) is 1. The van der Waals surface area contributed by atoms with Gasteiger partial charge in [0, 0.05) is 13.1 Å². The van der Waals surface area contributed by atoms with E-state index < -0.39 is 6.10 Å². The fourth-order valence-corrected chi connectivity index (χ4v) is 1.85. The lowest BCUT2D eigenvalue weighted by molar-refractivity contribution is 0.122. The number of urea groups is 1. The number of carbonyl (C=O) groups excluding carboxylic acids is 1. The third kappa shape index (κ3) is 1.99. The topological polar surface area (TPSA) is 61.8 Å². The molecule has 2 heterocycles. The molecule has 80 valence electrons. The molecule has 2 aliphatic rings. The molecule has 2 fully saturated rings. The van der Waals surface area contributed by atoms with Crippen molar-refractivity contribution in [1.82, 2.24) is 10.2 Å². The van der Waals surface area contributed by atoms with Crippen LogP contribution in [-0.2, 0) is 4.74 Å². The molecule has 0 radical (unpaired) electrons. The second-order valence-corrected chi connectivity index (χ2v) is 3.85. The SMILES string of the molecule is O=C(N[C@@H]1COC[C@H]1O)N1CCCC1. The Labute approximate surface area is 83.0 Å². The molecular formula is C9H16N2O3. The largest absolute Gasteiger partial charge is 0.388 e. The number of ether oxygens (including phenoxy) is 1. The molecule has 0 saturated carbocycles. The molecule has 0 bridgehead atoms. The van der Waals surface area contributed by atoms with E-state index in [1.807, 2.05) is 0 Å². The molecule has 0 spiro atoms. The summed E-state index contributed by atoms with van der Waals surface area (Å²) in [5.74, 6) is 0. The minimum atomic E-state index is -0.554. The van der Waals surface area contributed by atoms with Gasteiger partial charge in [-0.05, 0) is 12.8 Å². The normalized spacial score (nSPS) is 32.2. The lowest BCUT2D eigenvalue weighted by Gasteiger charge is -2.20. The molecule has 0 aromatic carbocycles. The van der Waals surface area contributed by atoms with E-state index >= 15 is 0 Å². The highest BCUT2D eigenvalue weighted by molar-refractivity contribution is 5.74. The van der Waals surface area contributed by atoms with E-state index in [2.05, 4.69) is 5.32 Å². The molecule has 0 aromatic rings. The summed E-state index contributed by atoms with van der Waals surface area (Å²) in [7, 11) is 0. The van der Waals surface area contributed by atoms with Crippen molar-refractivity contribution in [3.05, 3.63) is 0 Å².